The van der Waals surface area contributed by atoms with E-state index in [-0.39, 0.29) is 12.0 Å². The predicted octanol–water partition coefficient (Wildman–Crippen LogP) is 3.10. The predicted molar refractivity (Wildman–Crippen MR) is 82.9 cm³/mol. The number of carbonyl (C=O) groups excluding carboxylic acids is 1. The first-order valence-corrected chi connectivity index (χ1v) is 7.80. The van der Waals surface area contributed by atoms with Crippen molar-refractivity contribution in [3.05, 3.63) is 28.8 Å². The maximum Gasteiger partial charge on any atom is 0.261 e. The third-order valence-corrected chi connectivity index (χ3v) is 4.02. The molecule has 1 aliphatic heterocycles. The fourth-order valence-corrected chi connectivity index (χ4v) is 2.43. The Labute approximate surface area is 130 Å². The van der Waals surface area contributed by atoms with Crippen molar-refractivity contribution in [3.8, 4) is 5.75 Å². The van der Waals surface area contributed by atoms with Crippen LogP contribution < -0.4 is 10.1 Å². The number of halogens is 1. The molecule has 2 atom stereocenters. The van der Waals surface area contributed by atoms with Crippen molar-refractivity contribution < 1.29 is 14.3 Å². The molecule has 5 heteroatoms. The molecule has 21 heavy (non-hydrogen) atoms. The van der Waals surface area contributed by atoms with E-state index in [9.17, 15) is 4.79 Å². The number of aryl methyl sites for hydroxylation is 1. The summed E-state index contributed by atoms with van der Waals surface area (Å²) in [5.74, 6) is 0.566. The second kappa shape index (κ2) is 7.66. The van der Waals surface area contributed by atoms with Crippen molar-refractivity contribution >= 4 is 17.5 Å². The number of carbonyl (C=O) groups is 1. The molecule has 1 amide bonds. The fraction of sp³-hybridized carbons (Fsp3) is 0.562. The van der Waals surface area contributed by atoms with Gasteiger partial charge in [0.05, 0.1) is 6.10 Å². The Morgan fingerprint density at radius 1 is 1.57 bits per heavy atom. The summed E-state index contributed by atoms with van der Waals surface area (Å²) in [5.41, 5.74) is 0.934. The Morgan fingerprint density at radius 2 is 2.38 bits per heavy atom. The first-order valence-electron chi connectivity index (χ1n) is 7.42. The van der Waals surface area contributed by atoms with Gasteiger partial charge < -0.3 is 14.8 Å². The van der Waals surface area contributed by atoms with Gasteiger partial charge in [-0.15, -0.1) is 0 Å². The van der Waals surface area contributed by atoms with Gasteiger partial charge in [-0.1, -0.05) is 18.5 Å². The molecule has 1 N–H and O–H groups in total. The number of amides is 1. The lowest BCUT2D eigenvalue weighted by Crippen LogP contribution is -2.41. The van der Waals surface area contributed by atoms with E-state index in [0.29, 0.717) is 23.7 Å². The third kappa shape index (κ3) is 4.61. The molecule has 1 aromatic rings. The van der Waals surface area contributed by atoms with Gasteiger partial charge in [-0.2, -0.15) is 0 Å². The Balaban J connectivity index is 1.88. The van der Waals surface area contributed by atoms with Crippen LogP contribution in [0.5, 0.6) is 5.75 Å². The third-order valence-electron chi connectivity index (χ3n) is 3.60. The highest BCUT2D eigenvalue weighted by molar-refractivity contribution is 6.31. The van der Waals surface area contributed by atoms with Gasteiger partial charge in [0.15, 0.2) is 6.10 Å². The molecule has 0 bridgehead atoms. The van der Waals surface area contributed by atoms with E-state index < -0.39 is 6.10 Å². The Morgan fingerprint density at radius 3 is 3.00 bits per heavy atom. The highest BCUT2D eigenvalue weighted by Crippen LogP contribution is 2.22. The molecule has 1 fully saturated rings. The average Bonchev–Trinajstić information content (AvgIpc) is 2.99. The number of ether oxygens (including phenoxy) is 2. The van der Waals surface area contributed by atoms with E-state index in [1.165, 1.54) is 0 Å². The summed E-state index contributed by atoms with van der Waals surface area (Å²) in [5, 5.41) is 3.60. The van der Waals surface area contributed by atoms with Crippen LogP contribution in [-0.4, -0.2) is 31.3 Å². The maximum absolute atomic E-state index is 12.2. The minimum atomic E-state index is -0.494. The van der Waals surface area contributed by atoms with Crippen LogP contribution in [-0.2, 0) is 9.53 Å². The van der Waals surface area contributed by atoms with E-state index in [2.05, 4.69) is 5.32 Å². The van der Waals surface area contributed by atoms with Crippen LogP contribution in [0.2, 0.25) is 5.02 Å². The van der Waals surface area contributed by atoms with Gasteiger partial charge in [0.25, 0.3) is 5.91 Å². The molecule has 0 unspecified atom stereocenters. The van der Waals surface area contributed by atoms with Crippen LogP contribution in [0, 0.1) is 6.92 Å². The highest BCUT2D eigenvalue weighted by atomic mass is 35.5. The van der Waals surface area contributed by atoms with Gasteiger partial charge in [-0.25, -0.2) is 0 Å². The largest absolute Gasteiger partial charge is 0.481 e. The molecule has 2 rings (SSSR count). The van der Waals surface area contributed by atoms with Crippen molar-refractivity contribution in [1.29, 1.82) is 0 Å². The second-order valence-corrected chi connectivity index (χ2v) is 5.71. The standard InChI is InChI=1S/C16H22ClNO3/c1-3-15(16(19)18-10-13-5-4-8-20-13)21-12-6-7-14(17)11(2)9-12/h6-7,9,13,15H,3-5,8,10H2,1-2H3,(H,18,19)/t13-,15+/m0/s1. The van der Waals surface area contributed by atoms with E-state index in [1.807, 2.05) is 19.9 Å². The lowest BCUT2D eigenvalue weighted by Gasteiger charge is -2.19. The zero-order valence-corrected chi connectivity index (χ0v) is 13.3. The van der Waals surface area contributed by atoms with Gasteiger partial charge in [0.2, 0.25) is 0 Å². The lowest BCUT2D eigenvalue weighted by molar-refractivity contribution is -0.128. The summed E-state index contributed by atoms with van der Waals surface area (Å²) in [4.78, 5) is 12.2. The molecular weight excluding hydrogens is 290 g/mol. The molecule has 0 saturated carbocycles. The molecule has 1 heterocycles. The van der Waals surface area contributed by atoms with Crippen molar-refractivity contribution in [1.82, 2.24) is 5.32 Å². The van der Waals surface area contributed by atoms with Gasteiger partial charge in [0, 0.05) is 18.2 Å². The van der Waals surface area contributed by atoms with Crippen molar-refractivity contribution in [2.24, 2.45) is 0 Å². The number of hydrogen-bond donors (Lipinski definition) is 1. The van der Waals surface area contributed by atoms with E-state index in [1.54, 1.807) is 12.1 Å². The summed E-state index contributed by atoms with van der Waals surface area (Å²) in [6, 6.07) is 5.41. The molecule has 4 nitrogen and oxygen atoms in total. The average molecular weight is 312 g/mol. The van der Waals surface area contributed by atoms with Crippen molar-refractivity contribution in [3.63, 3.8) is 0 Å². The van der Waals surface area contributed by atoms with E-state index in [0.717, 1.165) is 25.0 Å². The SMILES string of the molecule is CC[C@@H](Oc1ccc(Cl)c(C)c1)C(=O)NC[C@@H]1CCCO1. The van der Waals surface area contributed by atoms with Gasteiger partial charge in [-0.3, -0.25) is 4.79 Å². The zero-order valence-electron chi connectivity index (χ0n) is 12.5. The lowest BCUT2D eigenvalue weighted by atomic mass is 10.2. The maximum atomic E-state index is 12.2. The molecular formula is C16H22ClNO3. The van der Waals surface area contributed by atoms with Crippen LogP contribution in [0.1, 0.15) is 31.7 Å². The van der Waals surface area contributed by atoms with E-state index >= 15 is 0 Å². The normalized spacial score (nSPS) is 19.3. The van der Waals surface area contributed by atoms with Crippen LogP contribution in [0.25, 0.3) is 0 Å². The number of nitrogens with one attached hydrogen (secondary N) is 1. The Kier molecular flexibility index (Phi) is 5.88. The number of hydrogen-bond acceptors (Lipinski definition) is 3. The first-order chi connectivity index (χ1) is 10.1. The molecule has 1 aliphatic rings. The van der Waals surface area contributed by atoms with E-state index in [4.69, 9.17) is 21.1 Å². The second-order valence-electron chi connectivity index (χ2n) is 5.31. The van der Waals surface area contributed by atoms with Gasteiger partial charge in [0.1, 0.15) is 5.75 Å². The highest BCUT2D eigenvalue weighted by Gasteiger charge is 2.21. The fourth-order valence-electron chi connectivity index (χ4n) is 2.31. The Hall–Kier alpha value is -1.26. The zero-order chi connectivity index (χ0) is 15.2. The molecule has 1 aromatic carbocycles. The van der Waals surface area contributed by atoms with Crippen LogP contribution >= 0.6 is 11.6 Å². The molecule has 0 aliphatic carbocycles. The Bertz CT molecular complexity index is 486. The quantitative estimate of drug-likeness (QED) is 0.878. The summed E-state index contributed by atoms with van der Waals surface area (Å²) >= 11 is 5.99. The topological polar surface area (TPSA) is 47.6 Å². The minimum Gasteiger partial charge on any atom is -0.481 e. The van der Waals surface area contributed by atoms with Crippen molar-refractivity contribution in [2.45, 2.75) is 45.3 Å². The molecule has 116 valence electrons. The first kappa shape index (κ1) is 16.1. The van der Waals surface area contributed by atoms with Gasteiger partial charge in [-0.05, 0) is 49.9 Å². The molecule has 1 saturated heterocycles. The summed E-state index contributed by atoms with van der Waals surface area (Å²) < 4.78 is 11.3. The minimum absolute atomic E-state index is 0.0967. The number of rotatable bonds is 6. The van der Waals surface area contributed by atoms with Crippen LogP contribution in [0.4, 0.5) is 0 Å². The van der Waals surface area contributed by atoms with Crippen LogP contribution in [0.15, 0.2) is 18.2 Å². The van der Waals surface area contributed by atoms with Gasteiger partial charge >= 0.3 is 0 Å². The van der Waals surface area contributed by atoms with Crippen molar-refractivity contribution in [2.75, 3.05) is 13.2 Å². The smallest absolute Gasteiger partial charge is 0.261 e. The summed E-state index contributed by atoms with van der Waals surface area (Å²) in [7, 11) is 0. The molecule has 0 radical (unpaired) electrons. The summed E-state index contributed by atoms with van der Waals surface area (Å²) in [6.45, 7) is 5.18. The van der Waals surface area contributed by atoms with Crippen LogP contribution in [0.3, 0.4) is 0 Å². The summed E-state index contributed by atoms with van der Waals surface area (Å²) in [6.07, 6.45) is 2.34. The molecule has 0 spiro atoms. The monoisotopic (exact) mass is 311 g/mol. The number of benzene rings is 1. The molecule has 0 aromatic heterocycles.